The Morgan fingerprint density at radius 2 is 2.13 bits per heavy atom. The second-order valence-electron chi connectivity index (χ2n) is 8.64. The number of hydrogen-bond donors (Lipinski definition) is 3. The smallest absolute Gasteiger partial charge is 0.275 e. The lowest BCUT2D eigenvalue weighted by molar-refractivity contribution is -0.122. The summed E-state index contributed by atoms with van der Waals surface area (Å²) in [5, 5.41) is 5.63. The summed E-state index contributed by atoms with van der Waals surface area (Å²) in [7, 11) is 0. The summed E-state index contributed by atoms with van der Waals surface area (Å²) in [5.74, 6) is 0.218. The number of aryl methyl sites for hydroxylation is 1. The molecular formula is C23H31N5O3. The highest BCUT2D eigenvalue weighted by Crippen LogP contribution is 2.38. The summed E-state index contributed by atoms with van der Waals surface area (Å²) in [5.41, 5.74) is 4.09. The van der Waals surface area contributed by atoms with Gasteiger partial charge in [0, 0.05) is 22.1 Å². The van der Waals surface area contributed by atoms with Gasteiger partial charge in [0.1, 0.15) is 12.2 Å². The van der Waals surface area contributed by atoms with Gasteiger partial charge in [0.15, 0.2) is 0 Å². The maximum Gasteiger partial charge on any atom is 0.275 e. The van der Waals surface area contributed by atoms with Crippen LogP contribution in [-0.4, -0.2) is 26.3 Å². The van der Waals surface area contributed by atoms with E-state index in [2.05, 4.69) is 20.6 Å². The second-order valence-corrected chi connectivity index (χ2v) is 8.64. The third kappa shape index (κ3) is 3.97. The van der Waals surface area contributed by atoms with Crippen molar-refractivity contribution in [3.05, 3.63) is 57.8 Å². The van der Waals surface area contributed by atoms with Gasteiger partial charge < -0.3 is 20.2 Å². The van der Waals surface area contributed by atoms with Crippen LogP contribution in [0.1, 0.15) is 40.5 Å². The standard InChI is InChI=1S/C23H25N5O3.3H2/c1-13-8-15-10-16(9-14-2-3-14)22(30)27-21(15)23(31)28(13)12-20(29)25-11-17-4-5-18-19(26-17)6-7-24-18;;;/h4-8,14,16,24H,2-3,9-12H2,1H3,(H,25,29)(H,27,30);3*1H/t16-;;;/m1.../s1. The number of amides is 2. The van der Waals surface area contributed by atoms with Gasteiger partial charge in [-0.25, -0.2) is 4.98 Å². The number of carbonyl (C=O) groups is 2. The van der Waals surface area contributed by atoms with Gasteiger partial charge in [0.25, 0.3) is 5.56 Å². The molecule has 5 rings (SSSR count). The first kappa shape index (κ1) is 19.5. The molecule has 2 aliphatic rings. The molecule has 0 radical (unpaired) electrons. The lowest BCUT2D eigenvalue weighted by atomic mass is 9.89. The van der Waals surface area contributed by atoms with E-state index in [1.54, 1.807) is 0 Å². The molecule has 3 aromatic heterocycles. The van der Waals surface area contributed by atoms with Crippen molar-refractivity contribution < 1.29 is 13.9 Å². The van der Waals surface area contributed by atoms with Gasteiger partial charge in [-0.15, -0.1) is 0 Å². The third-order valence-electron chi connectivity index (χ3n) is 6.22. The fraction of sp³-hybridized carbons (Fsp3) is 0.391. The van der Waals surface area contributed by atoms with Gasteiger partial charge >= 0.3 is 0 Å². The summed E-state index contributed by atoms with van der Waals surface area (Å²) in [4.78, 5) is 45.6. The molecule has 0 spiro atoms. The lowest BCUT2D eigenvalue weighted by Gasteiger charge is -2.25. The van der Waals surface area contributed by atoms with Crippen molar-refractivity contribution >= 4 is 28.5 Å². The van der Waals surface area contributed by atoms with E-state index in [4.69, 9.17) is 0 Å². The fourth-order valence-corrected chi connectivity index (χ4v) is 4.32. The van der Waals surface area contributed by atoms with Crippen LogP contribution in [0.2, 0.25) is 0 Å². The summed E-state index contributed by atoms with van der Waals surface area (Å²) in [6, 6.07) is 7.56. The van der Waals surface area contributed by atoms with Crippen molar-refractivity contribution in [1.29, 1.82) is 0 Å². The molecule has 3 N–H and O–H groups in total. The van der Waals surface area contributed by atoms with Crippen LogP contribution in [-0.2, 0) is 29.1 Å². The number of hydrogen-bond acceptors (Lipinski definition) is 4. The highest BCUT2D eigenvalue weighted by Gasteiger charge is 2.34. The van der Waals surface area contributed by atoms with Crippen LogP contribution in [0.15, 0.2) is 35.3 Å². The van der Waals surface area contributed by atoms with Gasteiger partial charge in [-0.2, -0.15) is 0 Å². The molecule has 1 fully saturated rings. The molecule has 2 amide bonds. The predicted molar refractivity (Wildman–Crippen MR) is 123 cm³/mol. The van der Waals surface area contributed by atoms with Gasteiger partial charge in [0.05, 0.1) is 23.3 Å². The average Bonchev–Trinajstić information content (AvgIpc) is 3.44. The lowest BCUT2D eigenvalue weighted by Crippen LogP contribution is -2.39. The first-order valence-electron chi connectivity index (χ1n) is 10.7. The van der Waals surface area contributed by atoms with Gasteiger partial charge in [-0.05, 0) is 55.5 Å². The van der Waals surface area contributed by atoms with Gasteiger partial charge in [-0.1, -0.05) is 12.8 Å². The van der Waals surface area contributed by atoms with Crippen LogP contribution in [0.5, 0.6) is 0 Å². The zero-order chi connectivity index (χ0) is 21.5. The monoisotopic (exact) mass is 425 g/mol. The minimum absolute atomic E-state index is 0. The molecule has 1 aliphatic carbocycles. The molecule has 0 aromatic carbocycles. The van der Waals surface area contributed by atoms with E-state index in [0.29, 0.717) is 23.7 Å². The Hall–Kier alpha value is -3.42. The molecule has 166 valence electrons. The van der Waals surface area contributed by atoms with Gasteiger partial charge in [-0.3, -0.25) is 14.4 Å². The molecule has 3 aromatic rings. The number of H-pyrrole nitrogens is 1. The zero-order valence-electron chi connectivity index (χ0n) is 17.4. The minimum atomic E-state index is -0.324. The van der Waals surface area contributed by atoms with E-state index in [9.17, 15) is 14.4 Å². The molecule has 0 unspecified atom stereocenters. The van der Waals surface area contributed by atoms with Crippen molar-refractivity contribution in [2.24, 2.45) is 11.8 Å². The molecule has 1 atom stereocenters. The van der Waals surface area contributed by atoms with E-state index < -0.39 is 0 Å². The fourth-order valence-electron chi connectivity index (χ4n) is 4.32. The Kier molecular flexibility index (Phi) is 4.84. The Labute approximate surface area is 183 Å². The summed E-state index contributed by atoms with van der Waals surface area (Å²) in [6.07, 6.45) is 5.69. The Balaban J connectivity index is 0.00000136. The van der Waals surface area contributed by atoms with Crippen LogP contribution >= 0.6 is 0 Å². The molecule has 0 bridgehead atoms. The Morgan fingerprint density at radius 1 is 1.29 bits per heavy atom. The van der Waals surface area contributed by atoms with Crippen LogP contribution in [0, 0.1) is 18.8 Å². The van der Waals surface area contributed by atoms with Crippen LogP contribution in [0.3, 0.4) is 0 Å². The number of carbonyl (C=O) groups excluding carboxylic acids is 2. The number of nitrogens with one attached hydrogen (secondary N) is 3. The van der Waals surface area contributed by atoms with Crippen molar-refractivity contribution in [3.63, 3.8) is 0 Å². The Morgan fingerprint density at radius 3 is 2.94 bits per heavy atom. The molecule has 1 aliphatic heterocycles. The van der Waals surface area contributed by atoms with E-state index in [1.165, 1.54) is 17.4 Å². The van der Waals surface area contributed by atoms with Crippen LogP contribution in [0.4, 0.5) is 5.69 Å². The molecule has 4 heterocycles. The first-order valence-corrected chi connectivity index (χ1v) is 10.7. The van der Waals surface area contributed by atoms with E-state index >= 15 is 0 Å². The number of aromatic amines is 1. The van der Waals surface area contributed by atoms with Crippen molar-refractivity contribution in [2.75, 3.05) is 5.32 Å². The van der Waals surface area contributed by atoms with Crippen LogP contribution in [0.25, 0.3) is 11.0 Å². The predicted octanol–water partition coefficient (Wildman–Crippen LogP) is 3.00. The zero-order valence-corrected chi connectivity index (χ0v) is 17.4. The first-order chi connectivity index (χ1) is 15.0. The maximum atomic E-state index is 13.0. The molecule has 8 heteroatoms. The van der Waals surface area contributed by atoms with Crippen molar-refractivity contribution in [3.8, 4) is 0 Å². The van der Waals surface area contributed by atoms with Crippen molar-refractivity contribution in [2.45, 2.75) is 45.7 Å². The number of fused-ring (bicyclic) bond motifs is 2. The summed E-state index contributed by atoms with van der Waals surface area (Å²) < 4.78 is 1.42. The van der Waals surface area contributed by atoms with E-state index in [0.717, 1.165) is 28.7 Å². The highest BCUT2D eigenvalue weighted by atomic mass is 16.2. The van der Waals surface area contributed by atoms with Gasteiger partial charge in [0.2, 0.25) is 11.8 Å². The van der Waals surface area contributed by atoms with E-state index in [-0.39, 0.29) is 40.7 Å². The molecule has 1 saturated carbocycles. The number of nitrogens with zero attached hydrogens (tertiary/aromatic N) is 2. The third-order valence-corrected chi connectivity index (χ3v) is 6.22. The largest absolute Gasteiger partial charge is 0.360 e. The molecule has 8 nitrogen and oxygen atoms in total. The van der Waals surface area contributed by atoms with Crippen LogP contribution < -0.4 is 16.2 Å². The summed E-state index contributed by atoms with van der Waals surface area (Å²) >= 11 is 0. The number of pyridine rings is 2. The quantitative estimate of drug-likeness (QED) is 0.564. The SMILES string of the molecule is Cc1cc2c(c(=O)n1CC(=O)NCc1ccc3[nH]ccc3n1)NC(=O)[C@H](CC1CC1)C2.[HH].[HH].[HH]. The topological polar surface area (TPSA) is 109 Å². The van der Waals surface area contributed by atoms with Crippen molar-refractivity contribution in [1.82, 2.24) is 19.9 Å². The molecule has 0 saturated heterocycles. The second kappa shape index (κ2) is 7.68. The van der Waals surface area contributed by atoms with E-state index in [1.807, 2.05) is 37.4 Å². The molecule has 31 heavy (non-hydrogen) atoms. The number of rotatable bonds is 6. The normalized spacial score (nSPS) is 18.0. The maximum absolute atomic E-state index is 13.0. The summed E-state index contributed by atoms with van der Waals surface area (Å²) in [6.45, 7) is 1.99. The highest BCUT2D eigenvalue weighted by molar-refractivity contribution is 5.95. The Bertz CT molecular complexity index is 1250. The average molecular weight is 426 g/mol. The number of aromatic nitrogens is 3. The molecular weight excluding hydrogens is 394 g/mol. The number of anilines is 1. The minimum Gasteiger partial charge on any atom is -0.360 e.